The molecule has 0 aliphatic rings. The zero-order valence-corrected chi connectivity index (χ0v) is 7.86. The lowest BCUT2D eigenvalue weighted by Crippen LogP contribution is -2.16. The van der Waals surface area contributed by atoms with Gasteiger partial charge in [0.05, 0.1) is 0 Å². The second-order valence-corrected chi connectivity index (χ2v) is 4.16. The molecule has 0 unspecified atom stereocenters. The lowest BCUT2D eigenvalue weighted by atomic mass is 10.2. The SMILES string of the molecule is NS(=O)(=O)c1c(F)cc(C(F)F)cc1F. The molecule has 0 atom stereocenters. The van der Waals surface area contributed by atoms with Crippen molar-refractivity contribution in [3.05, 3.63) is 29.3 Å². The minimum Gasteiger partial charge on any atom is -0.224 e. The van der Waals surface area contributed by atoms with Gasteiger partial charge < -0.3 is 0 Å². The zero-order chi connectivity index (χ0) is 11.8. The van der Waals surface area contributed by atoms with Crippen LogP contribution in [0.5, 0.6) is 0 Å². The average molecular weight is 243 g/mol. The van der Waals surface area contributed by atoms with Crippen LogP contribution in [0.25, 0.3) is 0 Å². The molecular weight excluding hydrogens is 238 g/mol. The highest BCUT2D eigenvalue weighted by Crippen LogP contribution is 2.25. The van der Waals surface area contributed by atoms with Crippen LogP contribution in [0.4, 0.5) is 17.6 Å². The Bertz CT molecular complexity index is 463. The number of sulfonamides is 1. The van der Waals surface area contributed by atoms with Crippen LogP contribution in [0.1, 0.15) is 12.0 Å². The van der Waals surface area contributed by atoms with Crippen molar-refractivity contribution in [2.24, 2.45) is 5.14 Å². The Balaban J connectivity index is 3.48. The van der Waals surface area contributed by atoms with Crippen molar-refractivity contribution in [1.29, 1.82) is 0 Å². The highest BCUT2D eigenvalue weighted by molar-refractivity contribution is 7.89. The van der Waals surface area contributed by atoms with E-state index in [0.717, 1.165) is 0 Å². The minimum absolute atomic E-state index is 0.230. The summed E-state index contributed by atoms with van der Waals surface area (Å²) in [7, 11) is -4.60. The topological polar surface area (TPSA) is 60.2 Å². The van der Waals surface area contributed by atoms with E-state index in [1.54, 1.807) is 0 Å². The molecule has 0 amide bonds. The van der Waals surface area contributed by atoms with Crippen molar-refractivity contribution in [2.75, 3.05) is 0 Å². The molecule has 0 aliphatic heterocycles. The van der Waals surface area contributed by atoms with Crippen LogP contribution in [-0.4, -0.2) is 8.42 Å². The molecule has 0 heterocycles. The highest BCUT2D eigenvalue weighted by atomic mass is 32.2. The summed E-state index contributed by atoms with van der Waals surface area (Å²) in [6, 6.07) is 0.459. The number of primary sulfonamides is 1. The average Bonchev–Trinajstić information content (AvgIpc) is 1.99. The van der Waals surface area contributed by atoms with Gasteiger partial charge in [0.1, 0.15) is 11.6 Å². The number of nitrogens with two attached hydrogens (primary N) is 1. The maximum absolute atomic E-state index is 12.9. The van der Waals surface area contributed by atoms with E-state index in [1.165, 1.54) is 0 Å². The van der Waals surface area contributed by atoms with E-state index in [-0.39, 0.29) is 12.1 Å². The summed E-state index contributed by atoms with van der Waals surface area (Å²) in [4.78, 5) is -1.41. The van der Waals surface area contributed by atoms with Gasteiger partial charge in [0.2, 0.25) is 10.0 Å². The first kappa shape index (κ1) is 11.9. The maximum Gasteiger partial charge on any atom is 0.264 e. The third-order valence-electron chi connectivity index (χ3n) is 1.56. The summed E-state index contributed by atoms with van der Waals surface area (Å²) < 4.78 is 71.3. The minimum atomic E-state index is -4.60. The summed E-state index contributed by atoms with van der Waals surface area (Å²) in [5, 5.41) is 4.49. The molecular formula is C7H5F4NO2S. The van der Waals surface area contributed by atoms with E-state index in [4.69, 9.17) is 0 Å². The lowest BCUT2D eigenvalue weighted by molar-refractivity contribution is 0.150. The number of hydrogen-bond donors (Lipinski definition) is 1. The van der Waals surface area contributed by atoms with E-state index in [2.05, 4.69) is 5.14 Å². The van der Waals surface area contributed by atoms with Crippen molar-refractivity contribution < 1.29 is 26.0 Å². The van der Waals surface area contributed by atoms with Crippen LogP contribution in [0.3, 0.4) is 0 Å². The highest BCUT2D eigenvalue weighted by Gasteiger charge is 2.23. The standard InChI is InChI=1S/C7H5F4NO2S/c8-4-1-3(7(10)11)2-5(9)6(4)15(12,13)14/h1-2,7H,(H2,12,13,14). The van der Waals surface area contributed by atoms with Crippen molar-refractivity contribution in [3.63, 3.8) is 0 Å². The number of rotatable bonds is 2. The second kappa shape index (κ2) is 3.78. The monoisotopic (exact) mass is 243 g/mol. The van der Waals surface area contributed by atoms with Crippen LogP contribution in [0, 0.1) is 11.6 Å². The van der Waals surface area contributed by atoms with Crippen molar-refractivity contribution in [1.82, 2.24) is 0 Å². The van der Waals surface area contributed by atoms with Gasteiger partial charge in [-0.3, -0.25) is 0 Å². The molecule has 1 rings (SSSR count). The number of benzene rings is 1. The van der Waals surface area contributed by atoms with Crippen molar-refractivity contribution >= 4 is 10.0 Å². The van der Waals surface area contributed by atoms with E-state index < -0.39 is 38.5 Å². The molecule has 0 saturated carbocycles. The van der Waals surface area contributed by atoms with E-state index in [9.17, 15) is 26.0 Å². The third-order valence-corrected chi connectivity index (χ3v) is 2.52. The first-order valence-corrected chi connectivity index (χ1v) is 5.08. The Morgan fingerprint density at radius 1 is 1.13 bits per heavy atom. The van der Waals surface area contributed by atoms with Crippen LogP contribution < -0.4 is 5.14 Å². The molecule has 3 nitrogen and oxygen atoms in total. The molecule has 2 N–H and O–H groups in total. The molecule has 0 aromatic heterocycles. The van der Waals surface area contributed by atoms with Crippen LogP contribution in [-0.2, 0) is 10.0 Å². The number of hydrogen-bond acceptors (Lipinski definition) is 2. The van der Waals surface area contributed by atoms with Gasteiger partial charge >= 0.3 is 0 Å². The van der Waals surface area contributed by atoms with Gasteiger partial charge in [-0.2, -0.15) is 0 Å². The normalized spacial score (nSPS) is 12.1. The van der Waals surface area contributed by atoms with Crippen molar-refractivity contribution in [2.45, 2.75) is 11.3 Å². The predicted molar refractivity (Wildman–Crippen MR) is 42.7 cm³/mol. The fraction of sp³-hybridized carbons (Fsp3) is 0.143. The van der Waals surface area contributed by atoms with Gasteiger partial charge in [0.15, 0.2) is 4.90 Å². The Labute approximate surface area is 82.6 Å². The summed E-state index contributed by atoms with van der Waals surface area (Å²) in [5.74, 6) is -3.26. The maximum atomic E-state index is 12.9. The zero-order valence-electron chi connectivity index (χ0n) is 7.05. The van der Waals surface area contributed by atoms with Gasteiger partial charge in [-0.25, -0.2) is 31.1 Å². The Morgan fingerprint density at radius 2 is 1.53 bits per heavy atom. The first-order chi connectivity index (χ1) is 6.73. The molecule has 15 heavy (non-hydrogen) atoms. The summed E-state index contributed by atoms with van der Waals surface area (Å²) in [5.41, 5.74) is -0.947. The summed E-state index contributed by atoms with van der Waals surface area (Å²) in [6.45, 7) is 0. The number of halogens is 4. The van der Waals surface area contributed by atoms with E-state index >= 15 is 0 Å². The van der Waals surface area contributed by atoms with E-state index in [0.29, 0.717) is 0 Å². The molecule has 8 heteroatoms. The van der Waals surface area contributed by atoms with Gasteiger partial charge in [0.25, 0.3) is 6.43 Å². The molecule has 1 aromatic carbocycles. The molecule has 0 bridgehead atoms. The Morgan fingerprint density at radius 3 is 1.80 bits per heavy atom. The van der Waals surface area contributed by atoms with Crippen LogP contribution in [0.15, 0.2) is 17.0 Å². The quantitative estimate of drug-likeness (QED) is 0.801. The summed E-state index contributed by atoms with van der Waals surface area (Å²) in [6.07, 6.45) is -3.09. The second-order valence-electron chi connectivity index (χ2n) is 2.66. The van der Waals surface area contributed by atoms with Gasteiger partial charge in [-0.15, -0.1) is 0 Å². The molecule has 0 saturated heterocycles. The smallest absolute Gasteiger partial charge is 0.224 e. The fourth-order valence-electron chi connectivity index (χ4n) is 0.977. The van der Waals surface area contributed by atoms with Gasteiger partial charge in [0, 0.05) is 5.56 Å². The largest absolute Gasteiger partial charge is 0.264 e. The summed E-state index contributed by atoms with van der Waals surface area (Å²) >= 11 is 0. The van der Waals surface area contributed by atoms with Gasteiger partial charge in [-0.05, 0) is 12.1 Å². The van der Waals surface area contributed by atoms with Gasteiger partial charge in [-0.1, -0.05) is 0 Å². The molecule has 0 fully saturated rings. The molecule has 1 aromatic rings. The third kappa shape index (κ3) is 2.45. The lowest BCUT2D eigenvalue weighted by Gasteiger charge is -2.05. The predicted octanol–water partition coefficient (Wildman–Crippen LogP) is 1.55. The Kier molecular flexibility index (Phi) is 3.00. The van der Waals surface area contributed by atoms with E-state index in [1.807, 2.05) is 0 Å². The molecule has 0 radical (unpaired) electrons. The molecule has 0 aliphatic carbocycles. The fourth-order valence-corrected chi connectivity index (χ4v) is 1.64. The molecule has 0 spiro atoms. The van der Waals surface area contributed by atoms with Crippen LogP contribution in [0.2, 0.25) is 0 Å². The Hall–Kier alpha value is -1.15. The molecule has 84 valence electrons. The first-order valence-electron chi connectivity index (χ1n) is 3.53. The number of alkyl halides is 2. The van der Waals surface area contributed by atoms with Crippen LogP contribution >= 0.6 is 0 Å². The van der Waals surface area contributed by atoms with Crippen molar-refractivity contribution in [3.8, 4) is 0 Å².